The second-order valence-corrected chi connectivity index (χ2v) is 6.09. The van der Waals surface area contributed by atoms with Crippen LogP contribution in [0.5, 0.6) is 0 Å². The molecule has 0 fully saturated rings. The first kappa shape index (κ1) is 15.9. The maximum atomic E-state index is 11.8. The Labute approximate surface area is 116 Å². The van der Waals surface area contributed by atoms with Crippen LogP contribution >= 0.6 is 11.6 Å². The summed E-state index contributed by atoms with van der Waals surface area (Å²) in [5.74, 6) is -1.31. The molecule has 0 radical (unpaired) electrons. The number of benzene rings is 1. The highest BCUT2D eigenvalue weighted by Crippen LogP contribution is 2.14. The lowest BCUT2D eigenvalue weighted by Gasteiger charge is -2.06. The van der Waals surface area contributed by atoms with Crippen molar-refractivity contribution in [2.75, 3.05) is 25.6 Å². The standard InChI is InChI=1S/C11H14ClNO5S/c12-9-1-3-10(4-2-9)19(16,17)8-13-5-6-18-7-11(14)15/h1-4,13H,5-8H2,(H,14,15). The predicted molar refractivity (Wildman–Crippen MR) is 70.0 cm³/mol. The first-order chi connectivity index (χ1) is 8.92. The van der Waals surface area contributed by atoms with Gasteiger partial charge in [-0.2, -0.15) is 0 Å². The summed E-state index contributed by atoms with van der Waals surface area (Å²) < 4.78 is 28.4. The molecular weight excluding hydrogens is 294 g/mol. The minimum absolute atomic E-state index is 0.127. The lowest BCUT2D eigenvalue weighted by Crippen LogP contribution is -2.27. The van der Waals surface area contributed by atoms with Crippen LogP contribution in [0.15, 0.2) is 29.2 Å². The number of halogens is 1. The summed E-state index contributed by atoms with van der Waals surface area (Å²) in [4.78, 5) is 10.3. The normalized spacial score (nSPS) is 11.4. The van der Waals surface area contributed by atoms with Gasteiger partial charge in [0.2, 0.25) is 0 Å². The van der Waals surface area contributed by atoms with E-state index < -0.39 is 22.4 Å². The zero-order chi connectivity index (χ0) is 14.3. The summed E-state index contributed by atoms with van der Waals surface area (Å²) in [6, 6.07) is 5.87. The van der Waals surface area contributed by atoms with Crippen LogP contribution in [0.25, 0.3) is 0 Å². The largest absolute Gasteiger partial charge is 0.480 e. The van der Waals surface area contributed by atoms with Crippen LogP contribution in [0.4, 0.5) is 0 Å². The number of rotatable bonds is 8. The number of carboxylic acid groups (broad SMARTS) is 1. The van der Waals surface area contributed by atoms with E-state index in [0.717, 1.165) is 0 Å². The quantitative estimate of drug-likeness (QED) is 0.689. The molecule has 1 aromatic rings. The molecule has 0 aliphatic rings. The first-order valence-corrected chi connectivity index (χ1v) is 7.43. The van der Waals surface area contributed by atoms with Crippen LogP contribution < -0.4 is 5.32 Å². The molecule has 0 heterocycles. The van der Waals surface area contributed by atoms with E-state index in [2.05, 4.69) is 5.32 Å². The van der Waals surface area contributed by atoms with Gasteiger partial charge in [0.05, 0.1) is 11.5 Å². The lowest BCUT2D eigenvalue weighted by atomic mass is 10.4. The molecule has 0 saturated carbocycles. The van der Waals surface area contributed by atoms with Crippen molar-refractivity contribution in [3.8, 4) is 0 Å². The molecule has 0 aliphatic carbocycles. The van der Waals surface area contributed by atoms with Crippen LogP contribution in [0.2, 0.25) is 5.02 Å². The van der Waals surface area contributed by atoms with Crippen molar-refractivity contribution >= 4 is 27.4 Å². The molecule has 106 valence electrons. The van der Waals surface area contributed by atoms with E-state index in [1.54, 1.807) is 0 Å². The van der Waals surface area contributed by atoms with E-state index in [0.29, 0.717) is 5.02 Å². The van der Waals surface area contributed by atoms with Gasteiger partial charge >= 0.3 is 5.97 Å². The van der Waals surface area contributed by atoms with Crippen molar-refractivity contribution in [2.24, 2.45) is 0 Å². The summed E-state index contributed by atoms with van der Waals surface area (Å²) >= 11 is 5.67. The number of ether oxygens (including phenoxy) is 1. The number of hydrogen-bond donors (Lipinski definition) is 2. The van der Waals surface area contributed by atoms with Crippen LogP contribution in [0, 0.1) is 0 Å². The molecule has 0 spiro atoms. The Bertz CT molecular complexity index is 514. The van der Waals surface area contributed by atoms with E-state index in [4.69, 9.17) is 21.4 Å². The van der Waals surface area contributed by atoms with E-state index in [1.165, 1.54) is 24.3 Å². The molecule has 0 aliphatic heterocycles. The molecule has 1 rings (SSSR count). The zero-order valence-corrected chi connectivity index (χ0v) is 11.6. The van der Waals surface area contributed by atoms with E-state index in [1.807, 2.05) is 0 Å². The van der Waals surface area contributed by atoms with Crippen molar-refractivity contribution in [1.29, 1.82) is 0 Å². The Morgan fingerprint density at radius 2 is 1.95 bits per heavy atom. The van der Waals surface area contributed by atoms with Crippen LogP contribution in [-0.2, 0) is 19.4 Å². The zero-order valence-electron chi connectivity index (χ0n) is 10.0. The van der Waals surface area contributed by atoms with Crippen LogP contribution in [0.1, 0.15) is 0 Å². The molecule has 0 unspecified atom stereocenters. The van der Waals surface area contributed by atoms with Crippen molar-refractivity contribution in [3.63, 3.8) is 0 Å². The maximum absolute atomic E-state index is 11.8. The van der Waals surface area contributed by atoms with E-state index in [-0.39, 0.29) is 23.9 Å². The minimum Gasteiger partial charge on any atom is -0.480 e. The monoisotopic (exact) mass is 307 g/mol. The van der Waals surface area contributed by atoms with Gasteiger partial charge in [-0.25, -0.2) is 13.2 Å². The maximum Gasteiger partial charge on any atom is 0.329 e. The molecule has 0 amide bonds. The van der Waals surface area contributed by atoms with Crippen molar-refractivity contribution < 1.29 is 23.1 Å². The highest BCUT2D eigenvalue weighted by molar-refractivity contribution is 7.91. The third-order valence-electron chi connectivity index (χ3n) is 2.11. The Morgan fingerprint density at radius 3 is 2.53 bits per heavy atom. The average molecular weight is 308 g/mol. The van der Waals surface area contributed by atoms with Gasteiger partial charge in [0.15, 0.2) is 9.84 Å². The highest BCUT2D eigenvalue weighted by Gasteiger charge is 2.13. The molecule has 0 atom stereocenters. The molecule has 1 aromatic carbocycles. The topological polar surface area (TPSA) is 92.7 Å². The van der Waals surface area contributed by atoms with E-state index in [9.17, 15) is 13.2 Å². The number of aliphatic carboxylic acids is 1. The van der Waals surface area contributed by atoms with Gasteiger partial charge < -0.3 is 15.2 Å². The molecule has 2 N–H and O–H groups in total. The molecule has 6 nitrogen and oxygen atoms in total. The SMILES string of the molecule is O=C(O)COCCNCS(=O)(=O)c1ccc(Cl)cc1. The molecular formula is C11H14ClNO5S. The lowest BCUT2D eigenvalue weighted by molar-refractivity contribution is -0.142. The molecule has 0 bridgehead atoms. The fourth-order valence-corrected chi connectivity index (χ4v) is 2.49. The minimum atomic E-state index is -3.42. The Kier molecular flexibility index (Phi) is 6.23. The van der Waals surface area contributed by atoms with Crippen LogP contribution in [-0.4, -0.2) is 45.1 Å². The molecule has 19 heavy (non-hydrogen) atoms. The Balaban J connectivity index is 2.35. The summed E-state index contributed by atoms with van der Waals surface area (Å²) in [6.45, 7) is -0.0197. The van der Waals surface area contributed by atoms with Gasteiger partial charge in [0.25, 0.3) is 0 Å². The molecule has 8 heteroatoms. The van der Waals surface area contributed by atoms with Gasteiger partial charge in [-0.05, 0) is 24.3 Å². The average Bonchev–Trinajstić information content (AvgIpc) is 2.34. The molecule has 0 aromatic heterocycles. The second kappa shape index (κ2) is 7.44. The van der Waals surface area contributed by atoms with Gasteiger partial charge in [0.1, 0.15) is 12.5 Å². The van der Waals surface area contributed by atoms with Gasteiger partial charge in [0, 0.05) is 11.6 Å². The third kappa shape index (κ3) is 6.02. The first-order valence-electron chi connectivity index (χ1n) is 5.40. The summed E-state index contributed by atoms with van der Waals surface area (Å²) in [5.41, 5.74) is 0. The van der Waals surface area contributed by atoms with Crippen molar-refractivity contribution in [2.45, 2.75) is 4.90 Å². The Morgan fingerprint density at radius 1 is 1.32 bits per heavy atom. The number of sulfone groups is 1. The summed E-state index contributed by atoms with van der Waals surface area (Å²) in [7, 11) is -3.42. The number of carbonyl (C=O) groups is 1. The van der Waals surface area contributed by atoms with Crippen molar-refractivity contribution in [1.82, 2.24) is 5.32 Å². The summed E-state index contributed by atoms with van der Waals surface area (Å²) in [6.07, 6.45) is 0. The van der Waals surface area contributed by atoms with Crippen molar-refractivity contribution in [3.05, 3.63) is 29.3 Å². The fraction of sp³-hybridized carbons (Fsp3) is 0.364. The number of nitrogens with one attached hydrogen (secondary N) is 1. The summed E-state index contributed by atoms with van der Waals surface area (Å²) in [5, 5.41) is 11.5. The van der Waals surface area contributed by atoms with Gasteiger partial charge in [-0.1, -0.05) is 11.6 Å². The third-order valence-corrected chi connectivity index (χ3v) is 3.94. The van der Waals surface area contributed by atoms with Gasteiger partial charge in [-0.3, -0.25) is 0 Å². The molecule has 0 saturated heterocycles. The fourth-order valence-electron chi connectivity index (χ4n) is 1.24. The second-order valence-electron chi connectivity index (χ2n) is 3.66. The van der Waals surface area contributed by atoms with Crippen LogP contribution in [0.3, 0.4) is 0 Å². The predicted octanol–water partition coefficient (Wildman–Crippen LogP) is 0.762. The number of carboxylic acids is 1. The van der Waals surface area contributed by atoms with Gasteiger partial charge in [-0.15, -0.1) is 0 Å². The van der Waals surface area contributed by atoms with E-state index >= 15 is 0 Å². The smallest absolute Gasteiger partial charge is 0.329 e. The highest BCUT2D eigenvalue weighted by atomic mass is 35.5. The number of hydrogen-bond acceptors (Lipinski definition) is 5. The Hall–Kier alpha value is -1.15.